The van der Waals surface area contributed by atoms with Gasteiger partial charge in [-0.1, -0.05) is 218 Å². The van der Waals surface area contributed by atoms with E-state index in [-0.39, 0.29) is 205 Å². The van der Waals surface area contributed by atoms with Crippen molar-refractivity contribution in [3.8, 4) is 0 Å². The zero-order chi connectivity index (χ0) is 59.1. The molecule has 3 aliphatic rings. The van der Waals surface area contributed by atoms with E-state index in [1.165, 1.54) is 0 Å². The van der Waals surface area contributed by atoms with Crippen molar-refractivity contribution in [3.63, 3.8) is 0 Å². The Labute approximate surface area is 629 Å². The van der Waals surface area contributed by atoms with Gasteiger partial charge in [0, 0.05) is 132 Å². The largest absolute Gasteiger partial charge is 0.385 e. The molecule has 10 rings (SSSR count). The molecule has 89 heavy (non-hydrogen) atoms. The van der Waals surface area contributed by atoms with Gasteiger partial charge >= 0.3 is 0 Å². The van der Waals surface area contributed by atoms with Crippen molar-refractivity contribution >= 4 is 0 Å². The first-order valence-corrected chi connectivity index (χ1v) is 29.4. The molecule has 3 N–H and O–H groups in total. The summed E-state index contributed by atoms with van der Waals surface area (Å²) in [6.45, 7) is 4.96. The number of aliphatic hydroxyl groups is 3. The molecule has 3 saturated heterocycles. The van der Waals surface area contributed by atoms with Gasteiger partial charge in [0.15, 0.2) is 18.9 Å². The summed E-state index contributed by atoms with van der Waals surface area (Å²) < 4.78 is 86.7. The van der Waals surface area contributed by atoms with Gasteiger partial charge in [-0.15, -0.1) is 6.58 Å². The molecule has 3 heterocycles. The molecule has 0 bridgehead atoms. The SMILES string of the molecule is C=CCO[C@@H]1C(O)[C@H](O[C@@H]2C(O)[C@H](O[C@@H]3C(O)[C@H](OCc4ccccc4)OC(COCc4ccccc4)[C@H]3OCc3ccccc3)OC(COCc3ccccc3)[C@H]2OCc2ccccc2)OC(COCc2ccccc2)[C@H]1OCc1ccccc1.[Ac].[Ac].[Ac]. The maximum Gasteiger partial charge on any atom is 0.187 e. The molecule has 6 unspecified atom stereocenters. The molecule has 463 valence electrons. The van der Waals surface area contributed by atoms with Gasteiger partial charge < -0.3 is 76.9 Å². The third-order valence-electron chi connectivity index (χ3n) is 15.1. The Morgan fingerprint density at radius 1 is 0.303 bits per heavy atom. The molecule has 19 heteroatoms. The van der Waals surface area contributed by atoms with E-state index in [1.54, 1.807) is 6.08 Å². The van der Waals surface area contributed by atoms with E-state index in [0.29, 0.717) is 0 Å². The minimum absolute atomic E-state index is 0. The van der Waals surface area contributed by atoms with Crippen molar-refractivity contribution in [2.24, 2.45) is 0 Å². The van der Waals surface area contributed by atoms with Crippen LogP contribution >= 0.6 is 0 Å². The van der Waals surface area contributed by atoms with Crippen LogP contribution in [0.3, 0.4) is 0 Å². The van der Waals surface area contributed by atoms with Crippen LogP contribution in [0.25, 0.3) is 0 Å². The Morgan fingerprint density at radius 3 is 0.854 bits per heavy atom. The molecule has 7 aromatic rings. The van der Waals surface area contributed by atoms with Crippen molar-refractivity contribution in [3.05, 3.63) is 264 Å². The van der Waals surface area contributed by atoms with Gasteiger partial charge in [0.05, 0.1) is 72.7 Å². The normalized spacial score (nSPS) is 26.6. The molecule has 3 fully saturated rings. The first-order valence-electron chi connectivity index (χ1n) is 29.4. The van der Waals surface area contributed by atoms with Gasteiger partial charge in [-0.3, -0.25) is 0 Å². The van der Waals surface area contributed by atoms with Crippen molar-refractivity contribution in [1.82, 2.24) is 0 Å². The summed E-state index contributed by atoms with van der Waals surface area (Å²) >= 11 is 0. The van der Waals surface area contributed by atoms with E-state index < -0.39 is 92.1 Å². The fraction of sp³-hybridized carbons (Fsp3) is 0.371. The molecule has 0 aromatic heterocycles. The van der Waals surface area contributed by atoms with Crippen LogP contribution < -0.4 is 0 Å². The second kappa shape index (κ2) is 40.4. The van der Waals surface area contributed by atoms with Gasteiger partial charge in [0.2, 0.25) is 0 Å². The molecule has 0 spiro atoms. The van der Waals surface area contributed by atoms with Crippen LogP contribution in [0.4, 0.5) is 0 Å². The maximum absolute atomic E-state index is 13.2. The Bertz CT molecular complexity index is 2990. The molecule has 3 aliphatic heterocycles. The first kappa shape index (κ1) is 74.4. The predicted molar refractivity (Wildman–Crippen MR) is 318 cm³/mol. The first-order chi connectivity index (χ1) is 42.4. The minimum Gasteiger partial charge on any atom is -0.385 e. The summed E-state index contributed by atoms with van der Waals surface area (Å²) in [5.74, 6) is 0. The van der Waals surface area contributed by atoms with Crippen molar-refractivity contribution < 1.29 is 209 Å². The van der Waals surface area contributed by atoms with Crippen LogP contribution in [0.2, 0.25) is 0 Å². The second-order valence-corrected chi connectivity index (χ2v) is 21.5. The standard InChI is InChI=1S/C70H78O16.3Ac/c1-2-38-77-65-59(71)69(83-56(46-74-39-49-24-10-3-11-25-49)62(65)78-42-52-30-16-6-17-31-52)86-67-61(73)70(84-58(48-76-41-51-28-14-5-15-29-51)64(67)80-44-54-34-20-8-21-35-54)85-66-60(72)68(81-45-55-36-22-9-23-37-55)82-57(47-75-40-50-26-12-4-13-27-50)63(66)79-43-53-32-18-7-19-33-53;;;/h2-37,56-73H,1,38-48H2;;;/t56?,57?,58?,59?,60?,61?,62-,63-,64-,65-,66-,67-,68-,69+,70+;;;/m1.../s1. The number of aliphatic hydroxyl groups excluding tert-OH is 3. The van der Waals surface area contributed by atoms with Gasteiger partial charge in [0.25, 0.3) is 0 Å². The molecule has 16 nitrogen and oxygen atoms in total. The van der Waals surface area contributed by atoms with Crippen LogP contribution in [0.5, 0.6) is 0 Å². The molecule has 0 saturated carbocycles. The maximum atomic E-state index is 13.2. The van der Waals surface area contributed by atoms with Gasteiger partial charge in [-0.05, 0) is 38.9 Å². The Morgan fingerprint density at radius 2 is 0.551 bits per heavy atom. The number of hydrogen-bond acceptors (Lipinski definition) is 16. The zero-order valence-corrected chi connectivity index (χ0v) is 64.0. The van der Waals surface area contributed by atoms with E-state index in [1.807, 2.05) is 212 Å². The fourth-order valence-electron chi connectivity index (χ4n) is 10.7. The summed E-state index contributed by atoms with van der Waals surface area (Å²) in [6.07, 6.45) is -17.2. The number of ether oxygens (including phenoxy) is 13. The summed E-state index contributed by atoms with van der Waals surface area (Å²) in [5.41, 5.74) is 6.20. The minimum atomic E-state index is -1.72. The van der Waals surface area contributed by atoms with Crippen LogP contribution in [0.15, 0.2) is 225 Å². The van der Waals surface area contributed by atoms with E-state index in [4.69, 9.17) is 61.6 Å². The molecular formula is C70H78Ac3O16. The number of hydrogen-bond donors (Lipinski definition) is 3. The van der Waals surface area contributed by atoms with Crippen molar-refractivity contribution in [1.29, 1.82) is 0 Å². The Hall–Kier alpha value is -2.04. The average Bonchev–Trinajstić information content (AvgIpc) is 1.36. The third-order valence-corrected chi connectivity index (χ3v) is 15.1. The third kappa shape index (κ3) is 22.5. The molecule has 7 aromatic carbocycles. The fourth-order valence-corrected chi connectivity index (χ4v) is 10.7. The quantitative estimate of drug-likeness (QED) is 0.0350. The van der Waals surface area contributed by atoms with Gasteiger partial charge in [0.1, 0.15) is 73.2 Å². The molecule has 0 amide bonds. The van der Waals surface area contributed by atoms with Crippen LogP contribution in [-0.2, 0) is 108 Å². The Kier molecular flexibility index (Phi) is 33.7. The van der Waals surface area contributed by atoms with E-state index in [2.05, 4.69) is 6.58 Å². The number of benzene rings is 7. The molecular weight excluding hydrogens is 1780 g/mol. The summed E-state index contributed by atoms with van der Waals surface area (Å²) in [6, 6.07) is 67.5. The molecule has 15 atom stereocenters. The van der Waals surface area contributed by atoms with Crippen molar-refractivity contribution in [2.75, 3.05) is 26.4 Å². The molecule has 0 aliphatic carbocycles. The average molecular weight is 1860 g/mol. The van der Waals surface area contributed by atoms with Gasteiger partial charge in [-0.25, -0.2) is 0 Å². The Balaban J connectivity index is 0.00000376. The zero-order valence-electron chi connectivity index (χ0n) is 49.8. The monoisotopic (exact) mass is 1860 g/mol. The van der Waals surface area contributed by atoms with E-state index in [9.17, 15) is 15.3 Å². The summed E-state index contributed by atoms with van der Waals surface area (Å²) in [4.78, 5) is 0. The smallest absolute Gasteiger partial charge is 0.187 e. The topological polar surface area (TPSA) is 181 Å². The van der Waals surface area contributed by atoms with Crippen molar-refractivity contribution in [2.45, 2.75) is 138 Å². The van der Waals surface area contributed by atoms with Crippen LogP contribution in [0.1, 0.15) is 38.9 Å². The summed E-state index contributed by atoms with van der Waals surface area (Å²) in [5, 5.41) is 38.5. The van der Waals surface area contributed by atoms with E-state index >= 15 is 0 Å². The van der Waals surface area contributed by atoms with Crippen LogP contribution in [-0.4, -0.2) is 134 Å². The van der Waals surface area contributed by atoms with Gasteiger partial charge in [-0.2, -0.15) is 0 Å². The predicted octanol–water partition coefficient (Wildman–Crippen LogP) is 9.21. The second-order valence-electron chi connectivity index (χ2n) is 21.5. The van der Waals surface area contributed by atoms with E-state index in [0.717, 1.165) is 38.9 Å². The summed E-state index contributed by atoms with van der Waals surface area (Å²) in [7, 11) is 0. The van der Waals surface area contributed by atoms with Crippen LogP contribution in [0, 0.1) is 132 Å². The molecule has 3 radical (unpaired) electrons. The number of rotatable bonds is 31.